The summed E-state index contributed by atoms with van der Waals surface area (Å²) in [5.41, 5.74) is 0.531. The molecule has 0 unspecified atom stereocenters. The Bertz CT molecular complexity index is 983. The molecule has 1 heterocycles. The van der Waals surface area contributed by atoms with E-state index in [1.807, 2.05) is 6.07 Å². The third-order valence-corrected chi connectivity index (χ3v) is 3.76. The molecular formula is C20H18F2O5. The van der Waals surface area contributed by atoms with Crippen LogP contribution in [0.2, 0.25) is 0 Å². The largest absolute Gasteiger partial charge is 0.493 e. The number of benzene rings is 2. The third kappa shape index (κ3) is 3.86. The predicted molar refractivity (Wildman–Crippen MR) is 96.9 cm³/mol. The van der Waals surface area contributed by atoms with Crippen molar-refractivity contribution in [1.29, 1.82) is 0 Å². The molecule has 142 valence electrons. The van der Waals surface area contributed by atoms with Crippen LogP contribution in [-0.4, -0.2) is 19.8 Å². The summed E-state index contributed by atoms with van der Waals surface area (Å²) in [7, 11) is 0. The molecule has 7 heteroatoms. The molecule has 27 heavy (non-hydrogen) atoms. The van der Waals surface area contributed by atoms with Crippen molar-refractivity contribution in [3.63, 3.8) is 0 Å². The van der Waals surface area contributed by atoms with Crippen molar-refractivity contribution in [3.8, 4) is 28.6 Å². The number of rotatable bonds is 7. The summed E-state index contributed by atoms with van der Waals surface area (Å²) in [5.74, 6) is -0.0449. The maximum Gasteiger partial charge on any atom is 0.387 e. The highest BCUT2D eigenvalue weighted by Gasteiger charge is 2.22. The molecule has 0 saturated carbocycles. The van der Waals surface area contributed by atoms with Crippen molar-refractivity contribution >= 4 is 11.0 Å². The Balaban J connectivity index is 2.33. The zero-order valence-electron chi connectivity index (χ0n) is 14.8. The lowest BCUT2D eigenvalue weighted by Crippen LogP contribution is -2.11. The normalized spacial score (nSPS) is 11.0. The van der Waals surface area contributed by atoms with Gasteiger partial charge >= 0.3 is 6.61 Å². The first-order valence-corrected chi connectivity index (χ1v) is 8.45. The highest BCUT2D eigenvalue weighted by atomic mass is 19.3. The lowest BCUT2D eigenvalue weighted by molar-refractivity contribution is -0.0498. The minimum Gasteiger partial charge on any atom is -0.493 e. The van der Waals surface area contributed by atoms with E-state index in [0.717, 1.165) is 0 Å². The van der Waals surface area contributed by atoms with Crippen LogP contribution in [0.5, 0.6) is 17.4 Å². The van der Waals surface area contributed by atoms with Gasteiger partial charge in [-0.15, -0.1) is 0 Å². The molecule has 0 fully saturated rings. The lowest BCUT2D eigenvalue weighted by Gasteiger charge is -2.14. The Labute approximate surface area is 154 Å². The summed E-state index contributed by atoms with van der Waals surface area (Å²) < 4.78 is 46.4. The van der Waals surface area contributed by atoms with Crippen molar-refractivity contribution in [2.24, 2.45) is 0 Å². The lowest BCUT2D eigenvalue weighted by atomic mass is 10.0. The zero-order valence-corrected chi connectivity index (χ0v) is 14.8. The smallest absolute Gasteiger partial charge is 0.387 e. The molecule has 0 atom stereocenters. The summed E-state index contributed by atoms with van der Waals surface area (Å²) in [6.07, 6.45) is 0. The number of alkyl halides is 2. The molecule has 0 aliphatic heterocycles. The first-order chi connectivity index (χ1) is 13.0. The fourth-order valence-electron chi connectivity index (χ4n) is 2.77. The van der Waals surface area contributed by atoms with E-state index in [1.165, 1.54) is 12.1 Å². The van der Waals surface area contributed by atoms with Gasteiger partial charge < -0.3 is 18.6 Å². The number of hydrogen-bond acceptors (Lipinski definition) is 5. The minimum atomic E-state index is -3.02. The van der Waals surface area contributed by atoms with Crippen LogP contribution in [0, 0.1) is 0 Å². The fourth-order valence-corrected chi connectivity index (χ4v) is 2.77. The van der Waals surface area contributed by atoms with Crippen LogP contribution >= 0.6 is 0 Å². The van der Waals surface area contributed by atoms with E-state index in [4.69, 9.17) is 13.9 Å². The van der Waals surface area contributed by atoms with Crippen molar-refractivity contribution in [2.75, 3.05) is 13.2 Å². The molecule has 2 aromatic carbocycles. The Hall–Kier alpha value is -3.09. The summed E-state index contributed by atoms with van der Waals surface area (Å²) in [5, 5.41) is 0.140. The Morgan fingerprint density at radius 1 is 1.04 bits per heavy atom. The minimum absolute atomic E-state index is 0.0119. The van der Waals surface area contributed by atoms with Crippen molar-refractivity contribution in [3.05, 3.63) is 52.7 Å². The number of halogens is 2. The average molecular weight is 376 g/mol. The maximum absolute atomic E-state index is 13.2. The molecule has 0 amide bonds. The van der Waals surface area contributed by atoms with Gasteiger partial charge in [0.25, 0.3) is 5.95 Å². The Morgan fingerprint density at radius 3 is 2.37 bits per heavy atom. The first-order valence-electron chi connectivity index (χ1n) is 8.45. The zero-order chi connectivity index (χ0) is 19.4. The standard InChI is InChI=1S/C20H18F2O5/c1-3-24-14-10-13(26-20(21)22)11-15-17(14)18(23)16(19(27-15)25-4-2)12-8-6-5-7-9-12/h5-11,20H,3-4H2,1-2H3. The van der Waals surface area contributed by atoms with Crippen LogP contribution in [0.25, 0.3) is 22.1 Å². The topological polar surface area (TPSA) is 57.9 Å². The summed E-state index contributed by atoms with van der Waals surface area (Å²) in [6.45, 7) is 0.959. The van der Waals surface area contributed by atoms with Crippen LogP contribution in [0.1, 0.15) is 13.8 Å². The number of hydrogen-bond donors (Lipinski definition) is 0. The molecule has 0 aliphatic rings. The van der Waals surface area contributed by atoms with Gasteiger partial charge in [-0.2, -0.15) is 8.78 Å². The second-order valence-electron chi connectivity index (χ2n) is 5.50. The van der Waals surface area contributed by atoms with Gasteiger partial charge in [-0.25, -0.2) is 0 Å². The highest BCUT2D eigenvalue weighted by Crippen LogP contribution is 2.36. The van der Waals surface area contributed by atoms with E-state index in [-0.39, 0.29) is 52.6 Å². The molecule has 0 bridgehead atoms. The van der Waals surface area contributed by atoms with Crippen molar-refractivity contribution in [1.82, 2.24) is 0 Å². The van der Waals surface area contributed by atoms with Gasteiger partial charge in [0.2, 0.25) is 5.43 Å². The molecule has 5 nitrogen and oxygen atoms in total. The molecule has 0 spiro atoms. The fraction of sp³-hybridized carbons (Fsp3) is 0.250. The van der Waals surface area contributed by atoms with Gasteiger partial charge in [-0.1, -0.05) is 30.3 Å². The molecule has 0 radical (unpaired) electrons. The van der Waals surface area contributed by atoms with Crippen molar-refractivity contribution in [2.45, 2.75) is 20.5 Å². The highest BCUT2D eigenvalue weighted by molar-refractivity contribution is 5.90. The molecule has 1 aromatic heterocycles. The van der Waals surface area contributed by atoms with Gasteiger partial charge in [0.15, 0.2) is 0 Å². The molecule has 0 saturated heterocycles. The van der Waals surface area contributed by atoms with E-state index in [1.54, 1.807) is 38.1 Å². The molecule has 0 aliphatic carbocycles. The monoisotopic (exact) mass is 376 g/mol. The molecule has 0 N–H and O–H groups in total. The SMILES string of the molecule is CCOc1oc2cc(OC(F)F)cc(OCC)c2c(=O)c1-c1ccccc1. The third-order valence-electron chi connectivity index (χ3n) is 3.76. The van der Waals surface area contributed by atoms with Gasteiger partial charge in [-0.05, 0) is 19.4 Å². The maximum atomic E-state index is 13.2. The summed E-state index contributed by atoms with van der Waals surface area (Å²) in [4.78, 5) is 13.2. The van der Waals surface area contributed by atoms with Gasteiger partial charge in [0.05, 0.1) is 13.2 Å². The molecule has 3 aromatic rings. The van der Waals surface area contributed by atoms with E-state index >= 15 is 0 Å². The number of ether oxygens (including phenoxy) is 3. The van der Waals surface area contributed by atoms with Crippen LogP contribution in [0.3, 0.4) is 0 Å². The van der Waals surface area contributed by atoms with Gasteiger partial charge in [0, 0.05) is 12.1 Å². The molecular weight excluding hydrogens is 358 g/mol. The van der Waals surface area contributed by atoms with Crippen LogP contribution in [-0.2, 0) is 0 Å². The van der Waals surface area contributed by atoms with Crippen LogP contribution in [0.15, 0.2) is 51.7 Å². The van der Waals surface area contributed by atoms with Crippen molar-refractivity contribution < 1.29 is 27.4 Å². The van der Waals surface area contributed by atoms with Crippen LogP contribution < -0.4 is 19.6 Å². The predicted octanol–water partition coefficient (Wildman–Crippen LogP) is 4.86. The summed E-state index contributed by atoms with van der Waals surface area (Å²) >= 11 is 0. The van der Waals surface area contributed by atoms with E-state index < -0.39 is 6.61 Å². The molecule has 3 rings (SSSR count). The van der Waals surface area contributed by atoms with E-state index in [2.05, 4.69) is 4.74 Å². The van der Waals surface area contributed by atoms with Gasteiger partial charge in [0.1, 0.15) is 28.0 Å². The first kappa shape index (κ1) is 18.7. The number of fused-ring (bicyclic) bond motifs is 1. The average Bonchev–Trinajstić information content (AvgIpc) is 2.62. The second kappa shape index (κ2) is 8.07. The van der Waals surface area contributed by atoms with Gasteiger partial charge in [-0.3, -0.25) is 4.79 Å². The Morgan fingerprint density at radius 2 is 1.74 bits per heavy atom. The van der Waals surface area contributed by atoms with E-state index in [0.29, 0.717) is 5.56 Å². The second-order valence-corrected chi connectivity index (χ2v) is 5.50. The van der Waals surface area contributed by atoms with E-state index in [9.17, 15) is 13.6 Å². The Kier molecular flexibility index (Phi) is 5.59. The van der Waals surface area contributed by atoms with Crippen LogP contribution in [0.4, 0.5) is 8.78 Å². The summed E-state index contributed by atoms with van der Waals surface area (Å²) in [6, 6.07) is 11.4. The quantitative estimate of drug-likeness (QED) is 0.589.